The van der Waals surface area contributed by atoms with E-state index in [0.717, 1.165) is 0 Å². The molecule has 1 aromatic rings. The molecule has 15 heavy (non-hydrogen) atoms. The third kappa shape index (κ3) is 2.68. The molecule has 0 saturated carbocycles. The first-order chi connectivity index (χ1) is 7.15. The van der Waals surface area contributed by atoms with Crippen LogP contribution in [0.15, 0.2) is 18.2 Å². The quantitative estimate of drug-likeness (QED) is 0.735. The monoisotopic (exact) mass is 219 g/mol. The van der Waals surface area contributed by atoms with Gasteiger partial charge in [-0.1, -0.05) is 24.6 Å². The number of rotatable bonds is 3. The molecule has 3 nitrogen and oxygen atoms in total. The van der Waals surface area contributed by atoms with Crippen molar-refractivity contribution < 1.29 is 0 Å². The summed E-state index contributed by atoms with van der Waals surface area (Å²) in [5.74, 6) is 0. The zero-order chi connectivity index (χ0) is 11.3. The molecule has 4 heteroatoms. The number of hydrogen-bond acceptors (Lipinski definition) is 3. The minimum Gasteiger partial charge on any atom is -0.241 e. The third-order valence-electron chi connectivity index (χ3n) is 2.29. The molecule has 0 aromatic carbocycles. The number of pyridine rings is 1. The summed E-state index contributed by atoms with van der Waals surface area (Å²) in [6, 6.07) is 9.27. The van der Waals surface area contributed by atoms with Gasteiger partial charge in [0.1, 0.15) is 10.6 Å². The van der Waals surface area contributed by atoms with Gasteiger partial charge in [-0.15, -0.1) is 0 Å². The van der Waals surface area contributed by atoms with E-state index >= 15 is 0 Å². The van der Waals surface area contributed by atoms with E-state index in [4.69, 9.17) is 22.1 Å². The Morgan fingerprint density at radius 1 is 1.40 bits per heavy atom. The second-order valence-electron chi connectivity index (χ2n) is 3.29. The smallest absolute Gasteiger partial charge is 0.149 e. The van der Waals surface area contributed by atoms with Crippen molar-refractivity contribution in [3.05, 3.63) is 29.0 Å². The highest BCUT2D eigenvalue weighted by Gasteiger charge is 2.28. The molecule has 0 radical (unpaired) electrons. The van der Waals surface area contributed by atoms with E-state index in [9.17, 15) is 0 Å². The average Bonchev–Trinajstić information content (AvgIpc) is 2.26. The van der Waals surface area contributed by atoms with Gasteiger partial charge in [-0.05, 0) is 18.6 Å². The van der Waals surface area contributed by atoms with Crippen molar-refractivity contribution in [2.24, 2.45) is 5.41 Å². The molecular formula is C11H10ClN3. The van der Waals surface area contributed by atoms with Crippen LogP contribution in [0, 0.1) is 28.1 Å². The maximum absolute atomic E-state index is 8.97. The van der Waals surface area contributed by atoms with E-state index in [1.807, 2.05) is 19.1 Å². The predicted molar refractivity (Wildman–Crippen MR) is 56.9 cm³/mol. The first-order valence-electron chi connectivity index (χ1n) is 4.60. The van der Waals surface area contributed by atoms with Crippen LogP contribution in [0.25, 0.3) is 0 Å². The number of hydrogen-bond donors (Lipinski definition) is 0. The molecule has 0 aliphatic heterocycles. The average molecular weight is 220 g/mol. The fraction of sp³-hybridized carbons (Fsp3) is 0.364. The second-order valence-corrected chi connectivity index (χ2v) is 3.67. The molecule has 0 atom stereocenters. The molecule has 1 aromatic heterocycles. The Balaban J connectivity index is 2.95. The lowest BCUT2D eigenvalue weighted by atomic mass is 9.84. The summed E-state index contributed by atoms with van der Waals surface area (Å²) in [4.78, 5) is 4.07. The molecule has 0 saturated heterocycles. The van der Waals surface area contributed by atoms with Crippen LogP contribution < -0.4 is 0 Å². The van der Waals surface area contributed by atoms with Gasteiger partial charge in [0.15, 0.2) is 0 Å². The summed E-state index contributed by atoms with van der Waals surface area (Å²) in [5, 5.41) is 18.3. The van der Waals surface area contributed by atoms with Crippen molar-refractivity contribution in [2.75, 3.05) is 0 Å². The Bertz CT molecular complexity index is 414. The Labute approximate surface area is 93.9 Å². The first-order valence-corrected chi connectivity index (χ1v) is 4.97. The first kappa shape index (κ1) is 11.5. The predicted octanol–water partition coefficient (Wildman–Crippen LogP) is 2.72. The zero-order valence-electron chi connectivity index (χ0n) is 8.37. The Kier molecular flexibility index (Phi) is 3.66. The van der Waals surface area contributed by atoms with Crippen LogP contribution in [0.1, 0.15) is 19.0 Å². The summed E-state index contributed by atoms with van der Waals surface area (Å²) in [5.41, 5.74) is -0.315. The Hall–Kier alpha value is -1.58. The van der Waals surface area contributed by atoms with Crippen LogP contribution in [0.4, 0.5) is 0 Å². The van der Waals surface area contributed by atoms with Crippen LogP contribution >= 0.6 is 11.6 Å². The Morgan fingerprint density at radius 2 is 2.07 bits per heavy atom. The molecule has 0 fully saturated rings. The molecule has 1 rings (SSSR count). The number of halogens is 1. The number of nitrogens with zero attached hydrogens (tertiary/aromatic N) is 3. The second kappa shape index (κ2) is 4.77. The van der Waals surface area contributed by atoms with E-state index in [0.29, 0.717) is 23.7 Å². The molecule has 0 spiro atoms. The normalized spacial score (nSPS) is 10.4. The van der Waals surface area contributed by atoms with Gasteiger partial charge >= 0.3 is 0 Å². The van der Waals surface area contributed by atoms with Crippen LogP contribution in [-0.4, -0.2) is 4.98 Å². The summed E-state index contributed by atoms with van der Waals surface area (Å²) in [6.45, 7) is 1.82. The zero-order valence-corrected chi connectivity index (χ0v) is 9.12. The van der Waals surface area contributed by atoms with Gasteiger partial charge in [0.2, 0.25) is 0 Å². The molecule has 76 valence electrons. The van der Waals surface area contributed by atoms with Crippen LogP contribution in [0.2, 0.25) is 5.15 Å². The van der Waals surface area contributed by atoms with Gasteiger partial charge in [0, 0.05) is 12.1 Å². The molecule has 0 aliphatic carbocycles. The van der Waals surface area contributed by atoms with E-state index in [2.05, 4.69) is 4.98 Å². The highest BCUT2D eigenvalue weighted by Crippen LogP contribution is 2.24. The summed E-state index contributed by atoms with van der Waals surface area (Å²) in [7, 11) is 0. The summed E-state index contributed by atoms with van der Waals surface area (Å²) in [6.07, 6.45) is 0.797. The maximum atomic E-state index is 8.97. The van der Waals surface area contributed by atoms with Gasteiger partial charge in [0.25, 0.3) is 0 Å². The van der Waals surface area contributed by atoms with Crippen molar-refractivity contribution in [1.29, 1.82) is 10.5 Å². The lowest BCUT2D eigenvalue weighted by Crippen LogP contribution is -2.18. The standard InChI is InChI=1S/C11H10ClN3/c1-2-11(7-13,8-14)6-9-4-3-5-10(12)15-9/h3-5H,2,6H2,1H3. The minimum atomic E-state index is -0.988. The molecule has 0 aliphatic rings. The highest BCUT2D eigenvalue weighted by atomic mass is 35.5. The molecule has 1 heterocycles. The van der Waals surface area contributed by atoms with Crippen molar-refractivity contribution in [3.63, 3.8) is 0 Å². The molecule has 0 unspecified atom stereocenters. The summed E-state index contributed by atoms with van der Waals surface area (Å²) < 4.78 is 0. The fourth-order valence-corrected chi connectivity index (χ4v) is 1.43. The van der Waals surface area contributed by atoms with E-state index < -0.39 is 5.41 Å². The topological polar surface area (TPSA) is 60.5 Å². The number of aromatic nitrogens is 1. The van der Waals surface area contributed by atoms with Crippen molar-refractivity contribution in [1.82, 2.24) is 4.98 Å². The van der Waals surface area contributed by atoms with Crippen molar-refractivity contribution in [3.8, 4) is 12.1 Å². The molecular weight excluding hydrogens is 210 g/mol. The SMILES string of the molecule is CCC(C#N)(C#N)Cc1cccc(Cl)n1. The van der Waals surface area contributed by atoms with E-state index in [1.165, 1.54) is 0 Å². The van der Waals surface area contributed by atoms with Gasteiger partial charge in [0.05, 0.1) is 12.1 Å². The van der Waals surface area contributed by atoms with Crippen molar-refractivity contribution >= 4 is 11.6 Å². The number of nitriles is 2. The van der Waals surface area contributed by atoms with E-state index in [-0.39, 0.29) is 0 Å². The largest absolute Gasteiger partial charge is 0.241 e. The molecule has 0 amide bonds. The highest BCUT2D eigenvalue weighted by molar-refractivity contribution is 6.29. The van der Waals surface area contributed by atoms with E-state index in [1.54, 1.807) is 18.2 Å². The van der Waals surface area contributed by atoms with Gasteiger partial charge in [-0.2, -0.15) is 10.5 Å². The fourth-order valence-electron chi connectivity index (χ4n) is 1.25. The summed E-state index contributed by atoms with van der Waals surface area (Å²) >= 11 is 5.73. The lowest BCUT2D eigenvalue weighted by molar-refractivity contribution is 0.493. The van der Waals surface area contributed by atoms with Crippen LogP contribution in [0.5, 0.6) is 0 Å². The molecule has 0 N–H and O–H groups in total. The van der Waals surface area contributed by atoms with Gasteiger partial charge < -0.3 is 0 Å². The van der Waals surface area contributed by atoms with Gasteiger partial charge in [-0.25, -0.2) is 4.98 Å². The minimum absolute atomic E-state index is 0.317. The maximum Gasteiger partial charge on any atom is 0.149 e. The lowest BCUT2D eigenvalue weighted by Gasteiger charge is -2.15. The van der Waals surface area contributed by atoms with Gasteiger partial charge in [-0.3, -0.25) is 0 Å². The van der Waals surface area contributed by atoms with Crippen LogP contribution in [-0.2, 0) is 6.42 Å². The Morgan fingerprint density at radius 3 is 2.53 bits per heavy atom. The van der Waals surface area contributed by atoms with Crippen LogP contribution in [0.3, 0.4) is 0 Å². The molecule has 0 bridgehead atoms. The third-order valence-corrected chi connectivity index (χ3v) is 2.50. The van der Waals surface area contributed by atoms with Crippen molar-refractivity contribution in [2.45, 2.75) is 19.8 Å².